The fourth-order valence-electron chi connectivity index (χ4n) is 7.22. The summed E-state index contributed by atoms with van der Waals surface area (Å²) in [5.74, 6) is 0.136. The van der Waals surface area contributed by atoms with Gasteiger partial charge in [-0.05, 0) is 86.1 Å². The highest BCUT2D eigenvalue weighted by atomic mass is 15.1. The first kappa shape index (κ1) is 32.2. The zero-order chi connectivity index (χ0) is 32.3. The molecule has 3 nitrogen and oxygen atoms in total. The minimum absolute atomic E-state index is 0.136. The van der Waals surface area contributed by atoms with E-state index >= 15 is 0 Å². The van der Waals surface area contributed by atoms with E-state index in [4.69, 9.17) is 6.58 Å². The first-order valence-corrected chi connectivity index (χ1v) is 16.4. The molecule has 2 atom stereocenters. The number of hydrogen-bond acceptors (Lipinski definition) is 1. The first-order chi connectivity index (χ1) is 21.5. The Labute approximate surface area is 271 Å². The van der Waals surface area contributed by atoms with Gasteiger partial charge in [-0.2, -0.15) is 9.13 Å². The molecule has 4 aromatic rings. The van der Waals surface area contributed by atoms with Crippen LogP contribution in [-0.4, -0.2) is 6.54 Å². The van der Waals surface area contributed by atoms with Crippen molar-refractivity contribution in [2.45, 2.75) is 79.7 Å². The molecule has 1 N–H and O–H groups in total. The second-order valence-electron chi connectivity index (χ2n) is 14.0. The lowest BCUT2D eigenvalue weighted by Crippen LogP contribution is -2.51. The second kappa shape index (κ2) is 13.4. The molecule has 0 saturated carbocycles. The molecule has 5 rings (SSSR count). The maximum atomic E-state index is 4.85. The molecule has 232 valence electrons. The predicted molar refractivity (Wildman–Crippen MR) is 190 cm³/mol. The van der Waals surface area contributed by atoms with E-state index in [1.54, 1.807) is 0 Å². The minimum atomic E-state index is 0.136. The summed E-state index contributed by atoms with van der Waals surface area (Å²) in [6.45, 7) is 25.5. The zero-order valence-electron chi connectivity index (χ0n) is 28.5. The van der Waals surface area contributed by atoms with Crippen molar-refractivity contribution in [2.24, 2.45) is 5.41 Å². The van der Waals surface area contributed by atoms with E-state index < -0.39 is 0 Å². The van der Waals surface area contributed by atoms with Gasteiger partial charge in [-0.3, -0.25) is 0 Å². The highest BCUT2D eigenvalue weighted by Crippen LogP contribution is 2.43. The molecule has 2 aromatic heterocycles. The van der Waals surface area contributed by atoms with E-state index in [0.717, 1.165) is 37.2 Å². The molecule has 0 spiro atoms. The summed E-state index contributed by atoms with van der Waals surface area (Å²) in [6, 6.07) is 24.6. The van der Waals surface area contributed by atoms with Gasteiger partial charge in [0.15, 0.2) is 29.8 Å². The Morgan fingerprint density at radius 2 is 1.62 bits per heavy atom. The normalized spacial score (nSPS) is 16.1. The number of fused-ring (bicyclic) bond motifs is 3. The highest BCUT2D eigenvalue weighted by molar-refractivity contribution is 5.70. The van der Waals surface area contributed by atoms with Crippen molar-refractivity contribution >= 4 is 11.4 Å². The topological polar surface area (TPSA) is 19.8 Å². The fraction of sp³-hybridized carbons (Fsp3) is 0.333. The highest BCUT2D eigenvalue weighted by Gasteiger charge is 2.44. The van der Waals surface area contributed by atoms with Gasteiger partial charge in [0, 0.05) is 54.9 Å². The molecule has 0 radical (unpaired) electrons. The van der Waals surface area contributed by atoms with Crippen molar-refractivity contribution in [3.63, 3.8) is 0 Å². The Morgan fingerprint density at radius 1 is 0.911 bits per heavy atom. The third-order valence-electron chi connectivity index (χ3n) is 9.22. The number of aryl methyl sites for hydroxylation is 4. The molecule has 1 aliphatic rings. The Balaban J connectivity index is 1.49. The van der Waals surface area contributed by atoms with Crippen LogP contribution in [0.3, 0.4) is 0 Å². The van der Waals surface area contributed by atoms with Crippen LogP contribution in [0.4, 0.5) is 0 Å². The lowest BCUT2D eigenvalue weighted by molar-refractivity contribution is -0.720. The van der Waals surface area contributed by atoms with Gasteiger partial charge in [0.25, 0.3) is 0 Å². The predicted octanol–water partition coefficient (Wildman–Crippen LogP) is 9.16. The van der Waals surface area contributed by atoms with Crippen LogP contribution in [0, 0.1) is 33.1 Å². The molecule has 2 aromatic carbocycles. The molecular weight excluding hydrogens is 546 g/mol. The SMILES string of the molecule is C=C/C=C(\NCCCC1C(C(=C)[n+]2cc(CC(C)(C)C)c(C)cc2C)c2ccccc2-c2cccc[n+]21)c1c(C)cccc1C. The number of aromatic nitrogens is 2. The van der Waals surface area contributed by atoms with Crippen molar-refractivity contribution < 1.29 is 9.13 Å². The van der Waals surface area contributed by atoms with Gasteiger partial charge < -0.3 is 5.32 Å². The van der Waals surface area contributed by atoms with Crippen LogP contribution >= 0.6 is 0 Å². The van der Waals surface area contributed by atoms with E-state index in [1.165, 1.54) is 50.3 Å². The summed E-state index contributed by atoms with van der Waals surface area (Å²) in [5.41, 5.74) is 14.2. The molecule has 0 saturated heterocycles. The number of pyridine rings is 2. The summed E-state index contributed by atoms with van der Waals surface area (Å²) in [5, 5.41) is 3.77. The van der Waals surface area contributed by atoms with Crippen LogP contribution < -0.4 is 14.5 Å². The van der Waals surface area contributed by atoms with Crippen molar-refractivity contribution in [3.05, 3.63) is 144 Å². The van der Waals surface area contributed by atoms with Crippen molar-refractivity contribution in [1.82, 2.24) is 5.32 Å². The molecule has 0 aliphatic carbocycles. The van der Waals surface area contributed by atoms with Gasteiger partial charge in [-0.1, -0.05) is 69.8 Å². The summed E-state index contributed by atoms with van der Waals surface area (Å²) in [6.07, 6.45) is 11.7. The van der Waals surface area contributed by atoms with Crippen LogP contribution in [0.2, 0.25) is 0 Å². The Bertz CT molecular complexity index is 1730. The molecule has 0 amide bonds. The summed E-state index contributed by atoms with van der Waals surface area (Å²) in [7, 11) is 0. The minimum Gasteiger partial charge on any atom is -0.385 e. The van der Waals surface area contributed by atoms with Crippen LogP contribution in [0.1, 0.15) is 84.6 Å². The maximum absolute atomic E-state index is 4.85. The molecule has 0 bridgehead atoms. The summed E-state index contributed by atoms with van der Waals surface area (Å²) in [4.78, 5) is 0. The number of nitrogens with one attached hydrogen (secondary N) is 1. The number of allylic oxidation sites excluding steroid dienone is 3. The Morgan fingerprint density at radius 3 is 2.33 bits per heavy atom. The number of nitrogens with zero attached hydrogens (tertiary/aromatic N) is 2. The molecule has 2 unspecified atom stereocenters. The molecule has 45 heavy (non-hydrogen) atoms. The summed E-state index contributed by atoms with van der Waals surface area (Å²) < 4.78 is 4.88. The third-order valence-corrected chi connectivity index (χ3v) is 9.22. The number of hydrogen-bond donors (Lipinski definition) is 1. The van der Waals surface area contributed by atoms with Gasteiger partial charge in [0.1, 0.15) is 5.92 Å². The second-order valence-corrected chi connectivity index (χ2v) is 14.0. The van der Waals surface area contributed by atoms with Crippen molar-refractivity contribution in [3.8, 4) is 11.3 Å². The van der Waals surface area contributed by atoms with Crippen molar-refractivity contribution in [2.75, 3.05) is 6.54 Å². The van der Waals surface area contributed by atoms with Gasteiger partial charge >= 0.3 is 0 Å². The zero-order valence-corrected chi connectivity index (χ0v) is 28.5. The standard InChI is InChI=1S/C42H51N3/c1-10-17-37(40-29(2)18-15-19-30(40)3)43-24-16-23-39-41(36-21-12-11-20-35(36)38-22-13-14-25-44(38)39)33(6)45-28-34(27-42(7,8)9)31(4)26-32(45)5/h10-15,17-22,25-26,28,39,41,43H,1,6,16,23-24,27H2,2-5,7-9H3/q+2/b37-17-. The van der Waals surface area contributed by atoms with Crippen LogP contribution in [0.15, 0.2) is 104 Å². The van der Waals surface area contributed by atoms with Crippen molar-refractivity contribution in [1.29, 1.82) is 0 Å². The van der Waals surface area contributed by atoms with E-state index in [1.807, 2.05) is 6.08 Å². The monoisotopic (exact) mass is 597 g/mol. The quantitative estimate of drug-likeness (QED) is 0.110. The van der Waals surface area contributed by atoms with Gasteiger partial charge in [-0.15, -0.1) is 0 Å². The number of rotatable bonds is 10. The lowest BCUT2D eigenvalue weighted by atomic mass is 9.79. The molecule has 3 heterocycles. The van der Waals surface area contributed by atoms with E-state index in [0.29, 0.717) is 0 Å². The molecule has 1 aliphatic heterocycles. The Hall–Kier alpha value is -4.24. The third kappa shape index (κ3) is 6.88. The average Bonchev–Trinajstić information content (AvgIpc) is 2.99. The van der Waals surface area contributed by atoms with Gasteiger partial charge in [0.05, 0.1) is 5.56 Å². The Kier molecular flexibility index (Phi) is 9.58. The van der Waals surface area contributed by atoms with E-state index in [9.17, 15) is 0 Å². The fourth-order valence-corrected chi connectivity index (χ4v) is 7.22. The smallest absolute Gasteiger partial charge is 0.213 e. The largest absolute Gasteiger partial charge is 0.385 e. The van der Waals surface area contributed by atoms with Gasteiger partial charge in [0.2, 0.25) is 5.69 Å². The lowest BCUT2D eigenvalue weighted by Gasteiger charge is -2.30. The molecule has 0 fully saturated rings. The number of benzene rings is 2. The van der Waals surface area contributed by atoms with Crippen LogP contribution in [-0.2, 0) is 6.42 Å². The van der Waals surface area contributed by atoms with Crippen LogP contribution in [0.25, 0.3) is 22.7 Å². The molecule has 3 heteroatoms. The van der Waals surface area contributed by atoms with Crippen LogP contribution in [0.5, 0.6) is 0 Å². The van der Waals surface area contributed by atoms with E-state index in [2.05, 4.69) is 155 Å². The van der Waals surface area contributed by atoms with E-state index in [-0.39, 0.29) is 17.4 Å². The maximum Gasteiger partial charge on any atom is 0.213 e. The molecular formula is C42H51N3+2. The van der Waals surface area contributed by atoms with Gasteiger partial charge in [-0.25, -0.2) is 0 Å². The first-order valence-electron chi connectivity index (χ1n) is 16.4. The average molecular weight is 598 g/mol. The summed E-state index contributed by atoms with van der Waals surface area (Å²) >= 11 is 0.